The molecule has 0 radical (unpaired) electrons. The molecule has 0 aromatic heterocycles. The van der Waals surface area contributed by atoms with E-state index in [1.807, 2.05) is 0 Å². The average molecular weight is 160 g/mol. The highest BCUT2D eigenvalue weighted by Crippen LogP contribution is 2.11. The molecule has 11 heavy (non-hydrogen) atoms. The molecule has 1 heterocycles. The Bertz CT molecular complexity index is 89.3. The Morgan fingerprint density at radius 3 is 2.82 bits per heavy atom. The van der Waals surface area contributed by atoms with Gasteiger partial charge in [0.25, 0.3) is 0 Å². The van der Waals surface area contributed by atoms with E-state index in [4.69, 9.17) is 14.6 Å². The predicted octanol–water partition coefficient (Wildman–Crippen LogP) is 0.912. The van der Waals surface area contributed by atoms with E-state index in [0.717, 1.165) is 32.3 Å². The quantitative estimate of drug-likeness (QED) is 0.607. The van der Waals surface area contributed by atoms with Gasteiger partial charge in [-0.3, -0.25) is 0 Å². The number of rotatable bonds is 5. The molecule has 0 spiro atoms. The van der Waals surface area contributed by atoms with Crippen LogP contribution in [0.1, 0.15) is 25.7 Å². The fourth-order valence-corrected chi connectivity index (χ4v) is 1.20. The fourth-order valence-electron chi connectivity index (χ4n) is 1.20. The van der Waals surface area contributed by atoms with Crippen molar-refractivity contribution in [1.82, 2.24) is 0 Å². The Labute approximate surface area is 67.3 Å². The molecule has 1 fully saturated rings. The third-order valence-electron chi connectivity index (χ3n) is 1.88. The van der Waals surface area contributed by atoms with Crippen LogP contribution in [0, 0.1) is 0 Å². The van der Waals surface area contributed by atoms with E-state index in [2.05, 4.69) is 0 Å². The van der Waals surface area contributed by atoms with Crippen molar-refractivity contribution in [3.8, 4) is 0 Å². The Balaban J connectivity index is 1.86. The van der Waals surface area contributed by atoms with Crippen LogP contribution in [0.4, 0.5) is 0 Å². The second kappa shape index (κ2) is 5.52. The summed E-state index contributed by atoms with van der Waals surface area (Å²) in [6.07, 6.45) is 4.52. The zero-order chi connectivity index (χ0) is 7.94. The minimum Gasteiger partial charge on any atom is -0.396 e. The number of aliphatic hydroxyl groups is 1. The molecular weight excluding hydrogens is 144 g/mol. The summed E-state index contributed by atoms with van der Waals surface area (Å²) < 4.78 is 10.3. The molecule has 0 aliphatic carbocycles. The van der Waals surface area contributed by atoms with E-state index in [-0.39, 0.29) is 0 Å². The van der Waals surface area contributed by atoms with E-state index in [9.17, 15) is 0 Å². The van der Waals surface area contributed by atoms with Gasteiger partial charge in [0, 0.05) is 6.61 Å². The predicted molar refractivity (Wildman–Crippen MR) is 41.2 cm³/mol. The molecule has 0 bridgehead atoms. The molecule has 0 aromatic rings. The normalized spacial score (nSPS) is 24.3. The Morgan fingerprint density at radius 2 is 2.18 bits per heavy atom. The van der Waals surface area contributed by atoms with Crippen LogP contribution in [0.5, 0.6) is 0 Å². The molecule has 1 atom stereocenters. The van der Waals surface area contributed by atoms with E-state index >= 15 is 0 Å². The topological polar surface area (TPSA) is 38.7 Å². The number of hydrogen-bond donors (Lipinski definition) is 1. The van der Waals surface area contributed by atoms with Crippen molar-refractivity contribution in [3.05, 3.63) is 0 Å². The van der Waals surface area contributed by atoms with Gasteiger partial charge in [-0.05, 0) is 12.8 Å². The van der Waals surface area contributed by atoms with Gasteiger partial charge in [0.2, 0.25) is 0 Å². The van der Waals surface area contributed by atoms with Gasteiger partial charge in [0.15, 0.2) is 0 Å². The molecule has 1 N–H and O–H groups in total. The molecule has 3 heteroatoms. The maximum atomic E-state index is 8.50. The molecule has 0 saturated carbocycles. The molecule has 1 saturated heterocycles. The van der Waals surface area contributed by atoms with Crippen LogP contribution >= 0.6 is 0 Å². The smallest absolute Gasteiger partial charge is 0.147 e. The van der Waals surface area contributed by atoms with Crippen molar-refractivity contribution in [3.63, 3.8) is 0 Å². The Morgan fingerprint density at radius 1 is 1.27 bits per heavy atom. The summed E-state index contributed by atoms with van der Waals surface area (Å²) in [5.74, 6) is 0. The van der Waals surface area contributed by atoms with E-state index in [1.165, 1.54) is 0 Å². The summed E-state index contributed by atoms with van der Waals surface area (Å²) in [6.45, 7) is 1.52. The first-order valence-corrected chi connectivity index (χ1v) is 4.23. The molecule has 3 nitrogen and oxygen atoms in total. The fraction of sp³-hybridized carbons (Fsp3) is 1.00. The van der Waals surface area contributed by atoms with Crippen LogP contribution in [0.3, 0.4) is 0 Å². The van der Waals surface area contributed by atoms with Crippen LogP contribution in [-0.2, 0) is 9.47 Å². The number of unbranched alkanes of at least 4 members (excludes halogenated alkanes) is 2. The van der Waals surface area contributed by atoms with Gasteiger partial charge in [-0.2, -0.15) is 0 Å². The maximum Gasteiger partial charge on any atom is 0.147 e. The first-order valence-electron chi connectivity index (χ1n) is 4.23. The lowest BCUT2D eigenvalue weighted by Crippen LogP contribution is -2.08. The SMILES string of the molecule is OCCCCCC1COCO1. The number of ether oxygens (including phenoxy) is 2. The lowest BCUT2D eigenvalue weighted by atomic mass is 10.1. The number of aliphatic hydroxyl groups excluding tert-OH is 1. The highest BCUT2D eigenvalue weighted by atomic mass is 16.7. The highest BCUT2D eigenvalue weighted by molar-refractivity contribution is 4.59. The van der Waals surface area contributed by atoms with Crippen molar-refractivity contribution in [2.75, 3.05) is 20.0 Å². The van der Waals surface area contributed by atoms with Crippen LogP contribution < -0.4 is 0 Å². The van der Waals surface area contributed by atoms with Crippen molar-refractivity contribution >= 4 is 0 Å². The van der Waals surface area contributed by atoms with Crippen molar-refractivity contribution in [2.24, 2.45) is 0 Å². The summed E-state index contributed by atoms with van der Waals surface area (Å²) in [5.41, 5.74) is 0. The molecular formula is C8H16O3. The van der Waals surface area contributed by atoms with E-state index < -0.39 is 0 Å². The van der Waals surface area contributed by atoms with Crippen LogP contribution in [0.2, 0.25) is 0 Å². The summed E-state index contributed by atoms with van der Waals surface area (Å²) in [4.78, 5) is 0. The number of hydrogen-bond acceptors (Lipinski definition) is 3. The zero-order valence-corrected chi connectivity index (χ0v) is 6.79. The standard InChI is InChI=1S/C8H16O3/c9-5-3-1-2-4-8-6-10-7-11-8/h8-9H,1-7H2. The molecule has 1 aliphatic rings. The Hall–Kier alpha value is -0.120. The maximum absolute atomic E-state index is 8.50. The lowest BCUT2D eigenvalue weighted by Gasteiger charge is -2.05. The van der Waals surface area contributed by atoms with Gasteiger partial charge < -0.3 is 14.6 Å². The van der Waals surface area contributed by atoms with Gasteiger partial charge >= 0.3 is 0 Å². The molecule has 0 amide bonds. The van der Waals surface area contributed by atoms with Gasteiger partial charge in [-0.25, -0.2) is 0 Å². The third kappa shape index (κ3) is 3.70. The van der Waals surface area contributed by atoms with Crippen LogP contribution in [-0.4, -0.2) is 31.2 Å². The first kappa shape index (κ1) is 8.97. The molecule has 1 rings (SSSR count). The van der Waals surface area contributed by atoms with Crippen molar-refractivity contribution in [1.29, 1.82) is 0 Å². The van der Waals surface area contributed by atoms with Crippen LogP contribution in [0.25, 0.3) is 0 Å². The zero-order valence-electron chi connectivity index (χ0n) is 6.79. The highest BCUT2D eigenvalue weighted by Gasteiger charge is 2.14. The summed E-state index contributed by atoms with van der Waals surface area (Å²) in [5, 5.41) is 8.50. The molecule has 1 aliphatic heterocycles. The summed E-state index contributed by atoms with van der Waals surface area (Å²) in [6, 6.07) is 0. The minimum absolute atomic E-state index is 0.308. The third-order valence-corrected chi connectivity index (χ3v) is 1.88. The van der Waals surface area contributed by atoms with Gasteiger partial charge in [-0.1, -0.05) is 12.8 Å². The second-order valence-corrected chi connectivity index (χ2v) is 2.85. The largest absolute Gasteiger partial charge is 0.396 e. The van der Waals surface area contributed by atoms with Gasteiger partial charge in [0.05, 0.1) is 12.7 Å². The van der Waals surface area contributed by atoms with Gasteiger partial charge in [0.1, 0.15) is 6.79 Å². The van der Waals surface area contributed by atoms with Crippen molar-refractivity contribution in [2.45, 2.75) is 31.8 Å². The van der Waals surface area contributed by atoms with Gasteiger partial charge in [-0.15, -0.1) is 0 Å². The van der Waals surface area contributed by atoms with Crippen molar-refractivity contribution < 1.29 is 14.6 Å². The van der Waals surface area contributed by atoms with E-state index in [1.54, 1.807) is 0 Å². The van der Waals surface area contributed by atoms with Crippen LogP contribution in [0.15, 0.2) is 0 Å². The summed E-state index contributed by atoms with van der Waals surface area (Å²) in [7, 11) is 0. The lowest BCUT2D eigenvalue weighted by molar-refractivity contribution is 0.0439. The monoisotopic (exact) mass is 160 g/mol. The molecule has 1 unspecified atom stereocenters. The second-order valence-electron chi connectivity index (χ2n) is 2.85. The Kier molecular flexibility index (Phi) is 4.50. The molecule has 66 valence electrons. The van der Waals surface area contributed by atoms with E-state index in [0.29, 0.717) is 19.5 Å². The molecule has 0 aromatic carbocycles. The average Bonchev–Trinajstić information content (AvgIpc) is 2.50. The summed E-state index contributed by atoms with van der Waals surface area (Å²) >= 11 is 0. The first-order chi connectivity index (χ1) is 5.43. The minimum atomic E-state index is 0.308.